The van der Waals surface area contributed by atoms with Crippen LogP contribution in [0.3, 0.4) is 0 Å². The third-order valence-electron chi connectivity index (χ3n) is 7.35. The van der Waals surface area contributed by atoms with Gasteiger partial charge in [0.05, 0.1) is 18.2 Å². The summed E-state index contributed by atoms with van der Waals surface area (Å²) in [5.74, 6) is 1.31. The number of amides is 2. The van der Waals surface area contributed by atoms with Crippen molar-refractivity contribution in [2.75, 3.05) is 59.2 Å². The smallest absolute Gasteiger partial charge is 0.318 e. The Hall–Kier alpha value is -3.82. The summed E-state index contributed by atoms with van der Waals surface area (Å²) in [6.07, 6.45) is 5.83. The Morgan fingerprint density at radius 3 is 2.66 bits per heavy atom. The fourth-order valence-corrected chi connectivity index (χ4v) is 5.23. The maximum Gasteiger partial charge on any atom is 0.318 e. The van der Waals surface area contributed by atoms with E-state index in [0.29, 0.717) is 17.0 Å². The highest BCUT2D eigenvalue weighted by Gasteiger charge is 2.28. The number of allylic oxidation sites excluding steroid dienone is 1. The van der Waals surface area contributed by atoms with Crippen LogP contribution in [-0.4, -0.2) is 80.1 Å². The molecular formula is C29H35N5O4. The number of ketones is 1. The number of Topliss-reactive ketones (excluding diaryl/α,β-unsaturated/α-hetero) is 1. The van der Waals surface area contributed by atoms with Crippen molar-refractivity contribution < 1.29 is 19.1 Å². The quantitative estimate of drug-likeness (QED) is 0.465. The molecule has 9 nitrogen and oxygen atoms in total. The number of anilines is 1. The van der Waals surface area contributed by atoms with Crippen molar-refractivity contribution in [1.82, 2.24) is 19.7 Å². The second-order valence-electron chi connectivity index (χ2n) is 9.98. The minimum absolute atomic E-state index is 0.215. The Bertz CT molecular complexity index is 1400. The molecule has 0 atom stereocenters. The molecule has 0 saturated carbocycles. The Balaban J connectivity index is 1.39. The minimum atomic E-state index is -0.351. The number of aryl methyl sites for hydroxylation is 2. The van der Waals surface area contributed by atoms with Crippen LogP contribution in [0.15, 0.2) is 42.3 Å². The Morgan fingerprint density at radius 1 is 1.13 bits per heavy atom. The maximum atomic E-state index is 13.2. The van der Waals surface area contributed by atoms with Crippen LogP contribution in [0.5, 0.6) is 11.5 Å². The first-order valence-corrected chi connectivity index (χ1v) is 13.0. The van der Waals surface area contributed by atoms with E-state index in [9.17, 15) is 9.59 Å². The second-order valence-corrected chi connectivity index (χ2v) is 9.98. The molecule has 1 aromatic heterocycles. The van der Waals surface area contributed by atoms with Crippen molar-refractivity contribution in [3.63, 3.8) is 0 Å². The highest BCUT2D eigenvalue weighted by atomic mass is 16.5. The maximum absolute atomic E-state index is 13.2. The molecule has 1 saturated heterocycles. The number of fused-ring (bicyclic) bond motifs is 2. The molecular weight excluding hydrogens is 482 g/mol. The van der Waals surface area contributed by atoms with E-state index in [4.69, 9.17) is 9.47 Å². The molecule has 0 radical (unpaired) electrons. The summed E-state index contributed by atoms with van der Waals surface area (Å²) < 4.78 is 13.7. The molecule has 0 unspecified atom stereocenters. The number of hydrogen-bond donors (Lipinski definition) is 2. The number of aromatic nitrogens is 1. The summed E-state index contributed by atoms with van der Waals surface area (Å²) in [5, 5.41) is 6.21. The summed E-state index contributed by atoms with van der Waals surface area (Å²) in [6, 6.07) is 8.83. The number of likely N-dealkylation sites (N-methyl/N-ethyl adjacent to an activating group) is 1. The number of rotatable bonds is 7. The van der Waals surface area contributed by atoms with E-state index in [-0.39, 0.29) is 17.6 Å². The van der Waals surface area contributed by atoms with Gasteiger partial charge in [-0.2, -0.15) is 0 Å². The van der Waals surface area contributed by atoms with E-state index in [1.807, 2.05) is 19.3 Å². The second kappa shape index (κ2) is 10.9. The molecule has 38 heavy (non-hydrogen) atoms. The number of hydrogen-bond acceptors (Lipinski definition) is 6. The van der Waals surface area contributed by atoms with Crippen LogP contribution in [-0.2, 0) is 13.5 Å². The Labute approximate surface area is 223 Å². The highest BCUT2D eigenvalue weighted by molar-refractivity contribution is 6.15. The van der Waals surface area contributed by atoms with E-state index in [2.05, 4.69) is 38.1 Å². The van der Waals surface area contributed by atoms with Crippen LogP contribution in [0.4, 0.5) is 10.5 Å². The number of nitrogens with one attached hydrogen (secondary N) is 2. The lowest BCUT2D eigenvalue weighted by atomic mass is 10.0. The van der Waals surface area contributed by atoms with Gasteiger partial charge < -0.3 is 34.5 Å². The van der Waals surface area contributed by atoms with Crippen molar-refractivity contribution in [1.29, 1.82) is 0 Å². The molecule has 9 heteroatoms. The number of methoxy groups -OCH3 is 1. The fourth-order valence-electron chi connectivity index (χ4n) is 5.23. The monoisotopic (exact) mass is 517 g/mol. The predicted molar refractivity (Wildman–Crippen MR) is 149 cm³/mol. The molecule has 2 N–H and O–H groups in total. The molecule has 3 aromatic rings. The van der Waals surface area contributed by atoms with Crippen molar-refractivity contribution in [3.8, 4) is 11.5 Å². The standard InChI is InChI=1S/C29H35N5O4/c1-30-29(36)31-21-7-8-25-24(16-21)28(35)26(38-25)15-20-18-33(3)27-19(14-22(37-4)17-23(20)27)6-5-9-34-12-10-32(2)11-13-34/h7-8,14-18H,5-6,9-13H2,1-4H3,(H2,30,31,36). The minimum Gasteiger partial charge on any atom is -0.497 e. The molecule has 0 spiro atoms. The van der Waals surface area contributed by atoms with Gasteiger partial charge in [-0.3, -0.25) is 4.79 Å². The molecule has 2 aromatic carbocycles. The molecule has 5 rings (SSSR count). The lowest BCUT2D eigenvalue weighted by Gasteiger charge is -2.32. The molecule has 1 fully saturated rings. The number of carbonyl (C=O) groups is 2. The third-order valence-corrected chi connectivity index (χ3v) is 7.35. The molecule has 2 aliphatic rings. The lowest BCUT2D eigenvalue weighted by molar-refractivity contribution is 0.101. The molecule has 3 heterocycles. The normalized spacial score (nSPS) is 17.1. The Kier molecular flexibility index (Phi) is 7.40. The number of carbonyl (C=O) groups excluding carboxylic acids is 2. The zero-order chi connectivity index (χ0) is 26.8. The van der Waals surface area contributed by atoms with E-state index in [0.717, 1.165) is 67.8 Å². The summed E-state index contributed by atoms with van der Waals surface area (Å²) >= 11 is 0. The number of piperazine rings is 1. The number of ether oxygens (including phenoxy) is 2. The molecule has 2 amide bonds. The number of urea groups is 1. The van der Waals surface area contributed by atoms with Gasteiger partial charge in [-0.1, -0.05) is 0 Å². The first-order chi connectivity index (χ1) is 18.4. The SMILES string of the molecule is CNC(=O)Nc1ccc2c(c1)C(=O)C(=Cc1cn(C)c3c(CCCN4CCN(C)CC4)cc(OC)cc13)O2. The average Bonchev–Trinajstić information content (AvgIpc) is 3.40. The van der Waals surface area contributed by atoms with Crippen LogP contribution in [0, 0.1) is 0 Å². The zero-order valence-electron chi connectivity index (χ0n) is 22.5. The van der Waals surface area contributed by atoms with Gasteiger partial charge in [0.2, 0.25) is 5.78 Å². The van der Waals surface area contributed by atoms with Gasteiger partial charge >= 0.3 is 6.03 Å². The van der Waals surface area contributed by atoms with Crippen LogP contribution >= 0.6 is 0 Å². The van der Waals surface area contributed by atoms with Crippen LogP contribution < -0.4 is 20.1 Å². The first-order valence-electron chi connectivity index (χ1n) is 13.0. The molecule has 200 valence electrons. The van der Waals surface area contributed by atoms with Gasteiger partial charge in [-0.15, -0.1) is 0 Å². The van der Waals surface area contributed by atoms with Gasteiger partial charge in [-0.25, -0.2) is 4.79 Å². The third kappa shape index (κ3) is 5.25. The molecule has 2 aliphatic heterocycles. The van der Waals surface area contributed by atoms with Crippen LogP contribution in [0.25, 0.3) is 17.0 Å². The fraction of sp³-hybridized carbons (Fsp3) is 0.379. The first kappa shape index (κ1) is 25.8. The van der Waals surface area contributed by atoms with E-state index >= 15 is 0 Å². The largest absolute Gasteiger partial charge is 0.497 e. The molecule has 0 aliphatic carbocycles. The van der Waals surface area contributed by atoms with Gasteiger partial charge in [0.25, 0.3) is 0 Å². The van der Waals surface area contributed by atoms with E-state index < -0.39 is 0 Å². The predicted octanol–water partition coefficient (Wildman–Crippen LogP) is 3.73. The zero-order valence-corrected chi connectivity index (χ0v) is 22.5. The summed E-state index contributed by atoms with van der Waals surface area (Å²) in [5.41, 5.74) is 4.20. The van der Waals surface area contributed by atoms with E-state index in [1.165, 1.54) is 12.6 Å². The van der Waals surface area contributed by atoms with Crippen molar-refractivity contribution in [2.24, 2.45) is 7.05 Å². The van der Waals surface area contributed by atoms with E-state index in [1.54, 1.807) is 31.4 Å². The van der Waals surface area contributed by atoms with Gasteiger partial charge in [0.1, 0.15) is 11.5 Å². The van der Waals surface area contributed by atoms with Gasteiger partial charge in [0.15, 0.2) is 5.76 Å². The summed E-state index contributed by atoms with van der Waals surface area (Å²) in [4.78, 5) is 29.8. The summed E-state index contributed by atoms with van der Waals surface area (Å²) in [6.45, 7) is 5.55. The number of nitrogens with zero attached hydrogens (tertiary/aromatic N) is 3. The molecule has 0 bridgehead atoms. The van der Waals surface area contributed by atoms with Gasteiger partial charge in [0, 0.05) is 63.1 Å². The number of benzene rings is 2. The average molecular weight is 518 g/mol. The van der Waals surface area contributed by atoms with Crippen molar-refractivity contribution in [2.45, 2.75) is 12.8 Å². The van der Waals surface area contributed by atoms with Crippen molar-refractivity contribution >= 4 is 34.5 Å². The van der Waals surface area contributed by atoms with Crippen molar-refractivity contribution in [3.05, 3.63) is 59.0 Å². The topological polar surface area (TPSA) is 88.1 Å². The van der Waals surface area contributed by atoms with Crippen LogP contribution in [0.1, 0.15) is 27.9 Å². The lowest BCUT2D eigenvalue weighted by Crippen LogP contribution is -2.44. The Morgan fingerprint density at radius 2 is 1.92 bits per heavy atom. The highest BCUT2D eigenvalue weighted by Crippen LogP contribution is 2.36. The van der Waals surface area contributed by atoms with Gasteiger partial charge in [-0.05, 0) is 68.4 Å². The summed E-state index contributed by atoms with van der Waals surface area (Å²) in [7, 11) is 7.43. The van der Waals surface area contributed by atoms with Crippen LogP contribution in [0.2, 0.25) is 0 Å².